The predicted octanol–water partition coefficient (Wildman–Crippen LogP) is 3.04. The van der Waals surface area contributed by atoms with Crippen molar-refractivity contribution in [2.24, 2.45) is 4.99 Å². The van der Waals surface area contributed by atoms with E-state index in [4.69, 9.17) is 4.74 Å². The van der Waals surface area contributed by atoms with E-state index in [1.807, 2.05) is 60.7 Å². The van der Waals surface area contributed by atoms with Crippen molar-refractivity contribution in [2.75, 3.05) is 13.7 Å². The van der Waals surface area contributed by atoms with Gasteiger partial charge in [0.1, 0.15) is 11.7 Å². The monoisotopic (exact) mass is 372 g/mol. The molecule has 4 rings (SSSR count). The molecule has 2 aromatic carbocycles. The number of nitrogens with zero attached hydrogens (tertiary/aromatic N) is 2. The van der Waals surface area contributed by atoms with Crippen LogP contribution < -0.4 is 10.6 Å². The largest absolute Gasteiger partial charge is 0.382 e. The molecule has 0 saturated carbocycles. The summed E-state index contributed by atoms with van der Waals surface area (Å²) in [6.45, 7) is 0.418. The van der Waals surface area contributed by atoms with E-state index in [1.54, 1.807) is 19.4 Å². The number of ether oxygens (including phenoxy) is 1. The maximum absolute atomic E-state index is 12.4. The molecule has 1 fully saturated rings. The standard InChI is InChI=1S/C22H20N4O2/c1-28-14-20(16-6-3-2-4-7-16)25-22-24-19(21(27)26-22)13-15-9-10-18-17(12-15)8-5-11-23-18/h2-13,20H,14H2,1H3,(H2,24,25,26,27)/b19-13-. The van der Waals surface area contributed by atoms with E-state index in [9.17, 15) is 4.79 Å². The number of aliphatic imine (C=N–C) groups is 1. The zero-order valence-corrected chi connectivity index (χ0v) is 15.4. The molecule has 1 amide bonds. The molecule has 0 bridgehead atoms. The van der Waals surface area contributed by atoms with E-state index in [-0.39, 0.29) is 11.9 Å². The molecule has 3 aromatic rings. The maximum Gasteiger partial charge on any atom is 0.274 e. The van der Waals surface area contributed by atoms with Crippen LogP contribution in [0.1, 0.15) is 17.2 Å². The summed E-state index contributed by atoms with van der Waals surface area (Å²) in [4.78, 5) is 21.3. The lowest BCUT2D eigenvalue weighted by Crippen LogP contribution is -2.26. The van der Waals surface area contributed by atoms with E-state index in [2.05, 4.69) is 20.6 Å². The van der Waals surface area contributed by atoms with E-state index < -0.39 is 0 Å². The van der Waals surface area contributed by atoms with Crippen molar-refractivity contribution >= 4 is 28.8 Å². The number of aromatic nitrogens is 1. The van der Waals surface area contributed by atoms with Gasteiger partial charge in [0.2, 0.25) is 5.96 Å². The summed E-state index contributed by atoms with van der Waals surface area (Å²) in [6.07, 6.45) is 3.57. The van der Waals surface area contributed by atoms with Gasteiger partial charge in [0.05, 0.1) is 12.1 Å². The van der Waals surface area contributed by atoms with Crippen molar-refractivity contribution in [3.05, 3.63) is 83.7 Å². The van der Waals surface area contributed by atoms with Crippen LogP contribution >= 0.6 is 0 Å². The van der Waals surface area contributed by atoms with E-state index >= 15 is 0 Å². The number of rotatable bonds is 5. The highest BCUT2D eigenvalue weighted by Crippen LogP contribution is 2.19. The average molecular weight is 372 g/mol. The van der Waals surface area contributed by atoms with Crippen molar-refractivity contribution in [1.29, 1.82) is 0 Å². The SMILES string of the molecule is COCC(N=C1NC(=O)/C(=C/c2ccc3ncccc3c2)N1)c1ccccc1. The smallest absolute Gasteiger partial charge is 0.274 e. The first-order chi connectivity index (χ1) is 13.7. The van der Waals surface area contributed by atoms with Gasteiger partial charge in [-0.2, -0.15) is 0 Å². The minimum atomic E-state index is -0.214. The lowest BCUT2D eigenvalue weighted by molar-refractivity contribution is -0.115. The topological polar surface area (TPSA) is 75.6 Å². The second kappa shape index (κ2) is 8.02. The molecule has 0 radical (unpaired) electrons. The third kappa shape index (κ3) is 3.92. The van der Waals surface area contributed by atoms with Crippen LogP contribution in [0.3, 0.4) is 0 Å². The summed E-state index contributed by atoms with van der Waals surface area (Å²) in [5.74, 6) is 0.207. The Morgan fingerprint density at radius 2 is 1.96 bits per heavy atom. The van der Waals surface area contributed by atoms with Gasteiger partial charge in [-0.25, -0.2) is 4.99 Å². The van der Waals surface area contributed by atoms with Gasteiger partial charge in [0, 0.05) is 18.7 Å². The number of benzene rings is 2. The molecule has 1 unspecified atom stereocenters. The number of amides is 1. The Morgan fingerprint density at radius 1 is 1.11 bits per heavy atom. The molecule has 140 valence electrons. The van der Waals surface area contributed by atoms with Crippen LogP contribution in [0.25, 0.3) is 17.0 Å². The van der Waals surface area contributed by atoms with E-state index in [0.717, 1.165) is 22.0 Å². The lowest BCUT2D eigenvalue weighted by atomic mass is 10.1. The molecule has 1 atom stereocenters. The number of methoxy groups -OCH3 is 1. The van der Waals surface area contributed by atoms with Crippen LogP contribution in [-0.4, -0.2) is 30.6 Å². The van der Waals surface area contributed by atoms with Crippen LogP contribution in [0, 0.1) is 0 Å². The second-order valence-electron chi connectivity index (χ2n) is 6.45. The Morgan fingerprint density at radius 3 is 2.79 bits per heavy atom. The highest BCUT2D eigenvalue weighted by Gasteiger charge is 2.23. The molecule has 1 saturated heterocycles. The second-order valence-corrected chi connectivity index (χ2v) is 6.45. The van der Waals surface area contributed by atoms with Crippen LogP contribution in [0.2, 0.25) is 0 Å². The molecular formula is C22H20N4O2. The molecule has 1 aliphatic rings. The molecular weight excluding hydrogens is 352 g/mol. The first kappa shape index (κ1) is 17.9. The lowest BCUT2D eigenvalue weighted by Gasteiger charge is -2.12. The van der Waals surface area contributed by atoms with Crippen molar-refractivity contribution in [3.8, 4) is 0 Å². The van der Waals surface area contributed by atoms with Crippen LogP contribution in [0.4, 0.5) is 0 Å². The minimum absolute atomic E-state index is 0.208. The van der Waals surface area contributed by atoms with Gasteiger partial charge in [0.15, 0.2) is 0 Å². The Bertz CT molecular complexity index is 1060. The number of carbonyl (C=O) groups is 1. The van der Waals surface area contributed by atoms with Gasteiger partial charge in [-0.3, -0.25) is 15.1 Å². The molecule has 6 heteroatoms. The number of fused-ring (bicyclic) bond motifs is 1. The molecule has 0 spiro atoms. The summed E-state index contributed by atoms with van der Waals surface area (Å²) in [5.41, 5.74) is 3.30. The van der Waals surface area contributed by atoms with Gasteiger partial charge in [-0.1, -0.05) is 42.5 Å². The van der Waals surface area contributed by atoms with E-state index in [1.165, 1.54) is 0 Å². The zero-order valence-electron chi connectivity index (χ0n) is 15.4. The molecule has 1 aliphatic heterocycles. The summed E-state index contributed by atoms with van der Waals surface area (Å²) >= 11 is 0. The number of pyridine rings is 1. The minimum Gasteiger partial charge on any atom is -0.382 e. The molecule has 1 aromatic heterocycles. The first-order valence-corrected chi connectivity index (χ1v) is 8.99. The maximum atomic E-state index is 12.4. The van der Waals surface area contributed by atoms with Crippen molar-refractivity contribution in [3.63, 3.8) is 0 Å². The summed E-state index contributed by atoms with van der Waals surface area (Å²) < 4.78 is 5.29. The normalized spacial score (nSPS) is 17.7. The van der Waals surface area contributed by atoms with Crippen LogP contribution in [-0.2, 0) is 9.53 Å². The molecule has 2 N–H and O–H groups in total. The Balaban J connectivity index is 1.58. The highest BCUT2D eigenvalue weighted by molar-refractivity contribution is 6.15. The summed E-state index contributed by atoms with van der Waals surface area (Å²) in [6, 6.07) is 19.4. The number of hydrogen-bond acceptors (Lipinski definition) is 4. The quantitative estimate of drug-likeness (QED) is 0.675. The van der Waals surface area contributed by atoms with Crippen molar-refractivity contribution in [2.45, 2.75) is 6.04 Å². The zero-order chi connectivity index (χ0) is 19.3. The molecule has 6 nitrogen and oxygen atoms in total. The Hall–Kier alpha value is -3.51. The third-order valence-electron chi connectivity index (χ3n) is 4.46. The number of guanidine groups is 1. The number of carbonyl (C=O) groups excluding carboxylic acids is 1. The van der Waals surface area contributed by atoms with Crippen molar-refractivity contribution in [1.82, 2.24) is 15.6 Å². The summed E-state index contributed by atoms with van der Waals surface area (Å²) in [7, 11) is 1.64. The number of nitrogens with one attached hydrogen (secondary N) is 2. The van der Waals surface area contributed by atoms with Gasteiger partial charge < -0.3 is 10.1 Å². The molecule has 0 aliphatic carbocycles. The summed E-state index contributed by atoms with van der Waals surface area (Å²) in [5, 5.41) is 6.88. The highest BCUT2D eigenvalue weighted by atomic mass is 16.5. The fraction of sp³-hybridized carbons (Fsp3) is 0.136. The Kier molecular flexibility index (Phi) is 5.12. The third-order valence-corrected chi connectivity index (χ3v) is 4.46. The van der Waals surface area contributed by atoms with E-state index in [0.29, 0.717) is 18.3 Å². The molecule has 28 heavy (non-hydrogen) atoms. The van der Waals surface area contributed by atoms with Crippen molar-refractivity contribution < 1.29 is 9.53 Å². The van der Waals surface area contributed by atoms with Gasteiger partial charge in [0.25, 0.3) is 5.91 Å². The number of hydrogen-bond donors (Lipinski definition) is 2. The van der Waals surface area contributed by atoms with Gasteiger partial charge in [-0.15, -0.1) is 0 Å². The fourth-order valence-electron chi connectivity index (χ4n) is 3.10. The van der Waals surface area contributed by atoms with Crippen LogP contribution in [0.5, 0.6) is 0 Å². The van der Waals surface area contributed by atoms with Gasteiger partial charge >= 0.3 is 0 Å². The average Bonchev–Trinajstić information content (AvgIpc) is 3.07. The first-order valence-electron chi connectivity index (χ1n) is 8.99. The molecule has 2 heterocycles. The predicted molar refractivity (Wildman–Crippen MR) is 109 cm³/mol. The Labute approximate surface area is 163 Å². The van der Waals surface area contributed by atoms with Gasteiger partial charge in [-0.05, 0) is 35.4 Å². The van der Waals surface area contributed by atoms with Crippen LogP contribution in [0.15, 0.2) is 77.5 Å². The fourth-order valence-corrected chi connectivity index (χ4v) is 3.10.